The Morgan fingerprint density at radius 1 is 1.50 bits per heavy atom. The maximum absolute atomic E-state index is 12.5. The normalized spacial score (nSPS) is 21.2. The van der Waals surface area contributed by atoms with Crippen molar-refractivity contribution in [1.29, 1.82) is 0 Å². The average molecular weight is 280 g/mol. The summed E-state index contributed by atoms with van der Waals surface area (Å²) in [5.74, 6) is 0.702. The fourth-order valence-corrected chi connectivity index (χ4v) is 2.79. The number of aliphatic hydroxyl groups is 1. The van der Waals surface area contributed by atoms with Gasteiger partial charge in [0.1, 0.15) is 5.76 Å². The van der Waals surface area contributed by atoms with Crippen LogP contribution in [0.2, 0.25) is 0 Å². The van der Waals surface area contributed by atoms with Crippen LogP contribution in [-0.2, 0) is 0 Å². The number of hydrogen-bond acceptors (Lipinski definition) is 4. The number of hydrogen-bond donors (Lipinski definition) is 1. The molecule has 1 saturated heterocycles. The highest BCUT2D eigenvalue weighted by Crippen LogP contribution is 2.18. The molecule has 5 heteroatoms. The molecule has 0 spiro atoms. The Labute approximate surface area is 120 Å². The first kappa shape index (κ1) is 15.1. The number of aryl methyl sites for hydroxylation is 1. The molecule has 0 saturated carbocycles. The van der Waals surface area contributed by atoms with Crippen molar-refractivity contribution >= 4 is 5.91 Å². The molecule has 1 aliphatic rings. The first-order valence-electron chi connectivity index (χ1n) is 7.08. The van der Waals surface area contributed by atoms with Crippen molar-refractivity contribution in [1.82, 2.24) is 9.80 Å². The molecule has 1 aromatic rings. The number of furan rings is 1. The summed E-state index contributed by atoms with van der Waals surface area (Å²) >= 11 is 0. The lowest BCUT2D eigenvalue weighted by molar-refractivity contribution is 0.00574. The third kappa shape index (κ3) is 3.41. The van der Waals surface area contributed by atoms with E-state index < -0.39 is 5.60 Å². The van der Waals surface area contributed by atoms with E-state index in [1.165, 1.54) is 0 Å². The van der Waals surface area contributed by atoms with Crippen molar-refractivity contribution in [3.63, 3.8) is 0 Å². The number of carbonyl (C=O) groups excluding carboxylic acids is 1. The number of amides is 1. The Morgan fingerprint density at radius 2 is 2.20 bits per heavy atom. The summed E-state index contributed by atoms with van der Waals surface area (Å²) in [4.78, 5) is 16.6. The second-order valence-corrected chi connectivity index (χ2v) is 6.29. The average Bonchev–Trinajstić information content (AvgIpc) is 2.72. The maximum Gasteiger partial charge on any atom is 0.257 e. The number of carbonyl (C=O) groups is 1. The molecule has 1 N–H and O–H groups in total. The predicted octanol–water partition coefficient (Wildman–Crippen LogP) is 1.51. The van der Waals surface area contributed by atoms with E-state index >= 15 is 0 Å². The van der Waals surface area contributed by atoms with E-state index in [0.29, 0.717) is 24.4 Å². The summed E-state index contributed by atoms with van der Waals surface area (Å²) < 4.78 is 5.21. The molecular formula is C15H24N2O3. The van der Waals surface area contributed by atoms with Gasteiger partial charge in [0.05, 0.1) is 17.4 Å². The Hall–Kier alpha value is -1.33. The lowest BCUT2D eigenvalue weighted by atomic mass is 10.1. The summed E-state index contributed by atoms with van der Waals surface area (Å²) in [6, 6.07) is 1.86. The summed E-state index contributed by atoms with van der Waals surface area (Å²) in [7, 11) is 0. The van der Waals surface area contributed by atoms with E-state index in [-0.39, 0.29) is 11.9 Å². The minimum Gasteiger partial charge on any atom is -0.469 e. The zero-order valence-electron chi connectivity index (χ0n) is 12.7. The van der Waals surface area contributed by atoms with Gasteiger partial charge in [-0.05, 0) is 33.8 Å². The SMILES string of the molecule is Cc1occc1C(=O)N1CCN(CC(C)(C)O)CC1C. The van der Waals surface area contributed by atoms with Crippen LogP contribution in [0.15, 0.2) is 16.7 Å². The van der Waals surface area contributed by atoms with Gasteiger partial charge in [0.2, 0.25) is 0 Å². The number of piperazine rings is 1. The molecule has 1 unspecified atom stereocenters. The van der Waals surface area contributed by atoms with Gasteiger partial charge < -0.3 is 14.4 Å². The highest BCUT2D eigenvalue weighted by atomic mass is 16.3. The topological polar surface area (TPSA) is 56.9 Å². The quantitative estimate of drug-likeness (QED) is 0.911. The fraction of sp³-hybridized carbons (Fsp3) is 0.667. The number of nitrogens with zero attached hydrogens (tertiary/aromatic N) is 2. The van der Waals surface area contributed by atoms with E-state index in [0.717, 1.165) is 13.1 Å². The number of rotatable bonds is 3. The molecule has 5 nitrogen and oxygen atoms in total. The van der Waals surface area contributed by atoms with Gasteiger partial charge in [0.25, 0.3) is 5.91 Å². The molecule has 1 aliphatic heterocycles. The Kier molecular flexibility index (Phi) is 4.20. The first-order valence-corrected chi connectivity index (χ1v) is 7.08. The van der Waals surface area contributed by atoms with Crippen LogP contribution in [0.5, 0.6) is 0 Å². The molecule has 0 aromatic carbocycles. The lowest BCUT2D eigenvalue weighted by Gasteiger charge is -2.41. The van der Waals surface area contributed by atoms with Gasteiger partial charge in [-0.2, -0.15) is 0 Å². The zero-order chi connectivity index (χ0) is 14.9. The number of β-amino-alcohol motifs (C(OH)–C–C–N with tert-alkyl or cyclic N) is 1. The highest BCUT2D eigenvalue weighted by molar-refractivity contribution is 5.95. The molecule has 2 rings (SSSR count). The van der Waals surface area contributed by atoms with Gasteiger partial charge >= 0.3 is 0 Å². The van der Waals surface area contributed by atoms with Gasteiger partial charge in [-0.25, -0.2) is 0 Å². The molecule has 1 fully saturated rings. The summed E-state index contributed by atoms with van der Waals surface area (Å²) in [5.41, 5.74) is -0.0552. The van der Waals surface area contributed by atoms with Crippen molar-refractivity contribution in [2.75, 3.05) is 26.2 Å². The minimum atomic E-state index is -0.701. The van der Waals surface area contributed by atoms with Crippen LogP contribution < -0.4 is 0 Å². The largest absolute Gasteiger partial charge is 0.469 e. The van der Waals surface area contributed by atoms with E-state index in [1.807, 2.05) is 32.6 Å². The Bertz CT molecular complexity index is 476. The van der Waals surface area contributed by atoms with Crippen LogP contribution in [0.4, 0.5) is 0 Å². The first-order chi connectivity index (χ1) is 9.28. The lowest BCUT2D eigenvalue weighted by Crippen LogP contribution is -2.56. The maximum atomic E-state index is 12.5. The molecular weight excluding hydrogens is 256 g/mol. The van der Waals surface area contributed by atoms with Gasteiger partial charge in [-0.1, -0.05) is 0 Å². The smallest absolute Gasteiger partial charge is 0.257 e. The van der Waals surface area contributed by atoms with Crippen molar-refractivity contribution in [2.45, 2.75) is 39.3 Å². The third-order valence-corrected chi connectivity index (χ3v) is 3.67. The molecule has 2 heterocycles. The molecule has 0 bridgehead atoms. The monoisotopic (exact) mass is 280 g/mol. The molecule has 20 heavy (non-hydrogen) atoms. The van der Waals surface area contributed by atoms with Gasteiger partial charge in [0, 0.05) is 32.2 Å². The van der Waals surface area contributed by atoms with Gasteiger partial charge in [-0.3, -0.25) is 9.69 Å². The molecule has 1 aromatic heterocycles. The van der Waals surface area contributed by atoms with E-state index in [9.17, 15) is 9.90 Å². The van der Waals surface area contributed by atoms with Crippen LogP contribution >= 0.6 is 0 Å². The summed E-state index contributed by atoms with van der Waals surface area (Å²) in [6.07, 6.45) is 1.55. The van der Waals surface area contributed by atoms with Gasteiger partial charge in [-0.15, -0.1) is 0 Å². The molecule has 112 valence electrons. The Balaban J connectivity index is 2.00. The second kappa shape index (κ2) is 5.58. The summed E-state index contributed by atoms with van der Waals surface area (Å²) in [6.45, 7) is 10.4. The standard InChI is InChI=1S/C15H24N2O3/c1-11-9-16(10-15(3,4)19)6-7-17(11)14(18)13-5-8-20-12(13)2/h5,8,11,19H,6-7,9-10H2,1-4H3. The van der Waals surface area contributed by atoms with E-state index in [4.69, 9.17) is 4.42 Å². The van der Waals surface area contributed by atoms with Crippen molar-refractivity contribution in [3.8, 4) is 0 Å². The van der Waals surface area contributed by atoms with Crippen LogP contribution in [0.25, 0.3) is 0 Å². The van der Waals surface area contributed by atoms with Crippen molar-refractivity contribution in [3.05, 3.63) is 23.7 Å². The van der Waals surface area contributed by atoms with E-state index in [1.54, 1.807) is 12.3 Å². The van der Waals surface area contributed by atoms with Crippen LogP contribution in [0.3, 0.4) is 0 Å². The summed E-state index contributed by atoms with van der Waals surface area (Å²) in [5, 5.41) is 9.88. The predicted molar refractivity (Wildman–Crippen MR) is 76.7 cm³/mol. The van der Waals surface area contributed by atoms with Crippen molar-refractivity contribution < 1.29 is 14.3 Å². The zero-order valence-corrected chi connectivity index (χ0v) is 12.7. The Morgan fingerprint density at radius 3 is 2.70 bits per heavy atom. The minimum absolute atomic E-state index is 0.0339. The highest BCUT2D eigenvalue weighted by Gasteiger charge is 2.31. The molecule has 1 amide bonds. The molecule has 0 aliphatic carbocycles. The van der Waals surface area contributed by atoms with Crippen LogP contribution in [0, 0.1) is 6.92 Å². The van der Waals surface area contributed by atoms with Crippen molar-refractivity contribution in [2.24, 2.45) is 0 Å². The second-order valence-electron chi connectivity index (χ2n) is 6.29. The molecule has 1 atom stereocenters. The van der Waals surface area contributed by atoms with Crippen LogP contribution in [-0.4, -0.2) is 58.6 Å². The third-order valence-electron chi connectivity index (χ3n) is 3.67. The van der Waals surface area contributed by atoms with Gasteiger partial charge in [0.15, 0.2) is 0 Å². The molecule has 0 radical (unpaired) electrons. The van der Waals surface area contributed by atoms with Crippen LogP contribution in [0.1, 0.15) is 36.9 Å². The fourth-order valence-electron chi connectivity index (χ4n) is 2.79. The van der Waals surface area contributed by atoms with E-state index in [2.05, 4.69) is 4.90 Å².